The second-order valence-electron chi connectivity index (χ2n) is 6.19. The largest absolute Gasteiger partial charge is 0.478 e. The van der Waals surface area contributed by atoms with Gasteiger partial charge in [-0.1, -0.05) is 32.0 Å². The van der Waals surface area contributed by atoms with Crippen LogP contribution in [0.5, 0.6) is 0 Å². The van der Waals surface area contributed by atoms with Crippen LogP contribution in [0.4, 0.5) is 16.2 Å². The number of aromatic carboxylic acids is 1. The van der Waals surface area contributed by atoms with E-state index >= 15 is 0 Å². The van der Waals surface area contributed by atoms with Crippen molar-refractivity contribution < 1.29 is 14.7 Å². The second kappa shape index (κ2) is 6.35. The van der Waals surface area contributed by atoms with E-state index in [-0.39, 0.29) is 11.6 Å². The van der Waals surface area contributed by atoms with E-state index < -0.39 is 5.97 Å². The first kappa shape index (κ1) is 16.1. The zero-order valence-corrected chi connectivity index (χ0v) is 13.8. The number of carboxylic acids is 1. The fourth-order valence-electron chi connectivity index (χ4n) is 2.86. The van der Waals surface area contributed by atoms with Gasteiger partial charge in [-0.25, -0.2) is 9.59 Å². The molecule has 0 radical (unpaired) electrons. The molecule has 3 rings (SSSR count). The van der Waals surface area contributed by atoms with Crippen molar-refractivity contribution in [2.45, 2.75) is 19.8 Å². The molecule has 1 fully saturated rings. The van der Waals surface area contributed by atoms with Gasteiger partial charge in [0, 0.05) is 24.5 Å². The summed E-state index contributed by atoms with van der Waals surface area (Å²) in [6.07, 6.45) is 0. The van der Waals surface area contributed by atoms with Crippen LogP contribution in [-0.2, 0) is 0 Å². The summed E-state index contributed by atoms with van der Waals surface area (Å²) in [5.41, 5.74) is 2.89. The van der Waals surface area contributed by atoms with Crippen molar-refractivity contribution in [3.63, 3.8) is 0 Å². The maximum Gasteiger partial charge on any atom is 0.335 e. The minimum absolute atomic E-state index is 0.130. The molecule has 5 nitrogen and oxygen atoms in total. The van der Waals surface area contributed by atoms with Crippen LogP contribution in [0, 0.1) is 0 Å². The first-order valence-electron chi connectivity index (χ1n) is 7.99. The van der Waals surface area contributed by atoms with E-state index in [0.29, 0.717) is 24.7 Å². The molecule has 0 spiro atoms. The van der Waals surface area contributed by atoms with Crippen LogP contribution < -0.4 is 9.80 Å². The van der Waals surface area contributed by atoms with Crippen molar-refractivity contribution in [3.05, 3.63) is 59.7 Å². The van der Waals surface area contributed by atoms with E-state index in [9.17, 15) is 9.59 Å². The van der Waals surface area contributed by atoms with Gasteiger partial charge in [-0.15, -0.1) is 0 Å². The van der Waals surface area contributed by atoms with Gasteiger partial charge in [-0.05, 0) is 41.8 Å². The van der Waals surface area contributed by atoms with Gasteiger partial charge in [0.1, 0.15) is 0 Å². The zero-order chi connectivity index (χ0) is 17.3. The van der Waals surface area contributed by atoms with Crippen molar-refractivity contribution in [1.29, 1.82) is 0 Å². The SMILES string of the molecule is CC(C)c1ccc(N2CCN(c3cccc(C(=O)O)c3)C2=O)cc1. The Balaban J connectivity index is 1.82. The van der Waals surface area contributed by atoms with Crippen molar-refractivity contribution in [1.82, 2.24) is 0 Å². The van der Waals surface area contributed by atoms with Crippen LogP contribution in [-0.4, -0.2) is 30.2 Å². The van der Waals surface area contributed by atoms with Crippen molar-refractivity contribution in [2.24, 2.45) is 0 Å². The third kappa shape index (κ3) is 2.97. The van der Waals surface area contributed by atoms with Crippen LogP contribution in [0.2, 0.25) is 0 Å². The van der Waals surface area contributed by atoms with Gasteiger partial charge in [-0.3, -0.25) is 9.80 Å². The predicted molar refractivity (Wildman–Crippen MR) is 94.0 cm³/mol. The minimum atomic E-state index is -0.996. The highest BCUT2D eigenvalue weighted by Crippen LogP contribution is 2.27. The molecule has 24 heavy (non-hydrogen) atoms. The maximum atomic E-state index is 12.7. The Morgan fingerprint density at radius 3 is 2.21 bits per heavy atom. The number of amides is 2. The number of hydrogen-bond donors (Lipinski definition) is 1. The molecule has 2 aromatic rings. The molecule has 1 N–H and O–H groups in total. The Morgan fingerprint density at radius 1 is 1.00 bits per heavy atom. The van der Waals surface area contributed by atoms with E-state index in [1.165, 1.54) is 17.7 Å². The molecular formula is C19H20N2O3. The van der Waals surface area contributed by atoms with E-state index in [1.54, 1.807) is 21.9 Å². The number of anilines is 2. The van der Waals surface area contributed by atoms with E-state index in [4.69, 9.17) is 5.11 Å². The van der Waals surface area contributed by atoms with Gasteiger partial charge < -0.3 is 5.11 Å². The Kier molecular flexibility index (Phi) is 4.25. The average Bonchev–Trinajstić information content (AvgIpc) is 2.96. The van der Waals surface area contributed by atoms with Gasteiger partial charge >= 0.3 is 12.0 Å². The standard InChI is InChI=1S/C19H20N2O3/c1-13(2)14-6-8-16(9-7-14)20-10-11-21(19(20)24)17-5-3-4-15(12-17)18(22)23/h3-9,12-13H,10-11H2,1-2H3,(H,22,23). The maximum absolute atomic E-state index is 12.7. The number of hydrogen-bond acceptors (Lipinski definition) is 2. The van der Waals surface area contributed by atoms with E-state index in [0.717, 1.165) is 5.69 Å². The summed E-state index contributed by atoms with van der Waals surface area (Å²) in [6, 6.07) is 14.4. The lowest BCUT2D eigenvalue weighted by Crippen LogP contribution is -2.31. The third-order valence-corrected chi connectivity index (χ3v) is 4.29. The smallest absolute Gasteiger partial charge is 0.335 e. The Bertz CT molecular complexity index is 768. The van der Waals surface area contributed by atoms with Gasteiger partial charge in [0.25, 0.3) is 0 Å². The molecule has 1 saturated heterocycles. The summed E-state index contributed by atoms with van der Waals surface area (Å²) in [5, 5.41) is 9.10. The molecule has 0 aliphatic carbocycles. The third-order valence-electron chi connectivity index (χ3n) is 4.29. The highest BCUT2D eigenvalue weighted by molar-refractivity contribution is 6.06. The molecule has 0 bridgehead atoms. The molecule has 5 heteroatoms. The van der Waals surface area contributed by atoms with Crippen LogP contribution in [0.25, 0.3) is 0 Å². The Hall–Kier alpha value is -2.82. The van der Waals surface area contributed by atoms with Gasteiger partial charge in [0.15, 0.2) is 0 Å². The molecular weight excluding hydrogens is 304 g/mol. The number of carbonyl (C=O) groups excluding carboxylic acids is 1. The molecule has 1 aliphatic rings. The number of rotatable bonds is 4. The lowest BCUT2D eigenvalue weighted by molar-refractivity contribution is 0.0697. The molecule has 0 unspecified atom stereocenters. The molecule has 1 aliphatic heterocycles. The van der Waals surface area contributed by atoms with Crippen molar-refractivity contribution in [3.8, 4) is 0 Å². The Morgan fingerprint density at radius 2 is 1.62 bits per heavy atom. The fraction of sp³-hybridized carbons (Fsp3) is 0.263. The molecule has 0 aromatic heterocycles. The van der Waals surface area contributed by atoms with Gasteiger partial charge in [0.05, 0.1) is 5.56 Å². The first-order chi connectivity index (χ1) is 11.5. The first-order valence-corrected chi connectivity index (χ1v) is 7.99. The van der Waals surface area contributed by atoms with Crippen molar-refractivity contribution in [2.75, 3.05) is 22.9 Å². The molecule has 1 heterocycles. The van der Waals surface area contributed by atoms with Crippen LogP contribution in [0.3, 0.4) is 0 Å². The summed E-state index contributed by atoms with van der Waals surface area (Å²) in [4.78, 5) is 27.2. The Labute approximate surface area is 141 Å². The summed E-state index contributed by atoms with van der Waals surface area (Å²) in [5.74, 6) is -0.548. The predicted octanol–water partition coefficient (Wildman–Crippen LogP) is 3.95. The summed E-state index contributed by atoms with van der Waals surface area (Å²) >= 11 is 0. The van der Waals surface area contributed by atoms with Crippen LogP contribution in [0.15, 0.2) is 48.5 Å². The molecule has 0 atom stereocenters. The van der Waals surface area contributed by atoms with Crippen LogP contribution >= 0.6 is 0 Å². The molecule has 2 amide bonds. The number of carbonyl (C=O) groups is 2. The molecule has 0 saturated carbocycles. The van der Waals surface area contributed by atoms with Gasteiger partial charge in [0.2, 0.25) is 0 Å². The quantitative estimate of drug-likeness (QED) is 0.926. The molecule has 124 valence electrons. The second-order valence-corrected chi connectivity index (χ2v) is 6.19. The number of urea groups is 1. The van der Waals surface area contributed by atoms with E-state index in [1.807, 2.05) is 24.3 Å². The van der Waals surface area contributed by atoms with Crippen LogP contribution in [0.1, 0.15) is 35.7 Å². The van der Waals surface area contributed by atoms with Gasteiger partial charge in [-0.2, -0.15) is 0 Å². The topological polar surface area (TPSA) is 60.9 Å². The zero-order valence-electron chi connectivity index (χ0n) is 13.8. The highest BCUT2D eigenvalue weighted by Gasteiger charge is 2.30. The monoisotopic (exact) mass is 324 g/mol. The average molecular weight is 324 g/mol. The fourth-order valence-corrected chi connectivity index (χ4v) is 2.86. The lowest BCUT2D eigenvalue weighted by atomic mass is 10.0. The number of benzene rings is 2. The summed E-state index contributed by atoms with van der Waals surface area (Å²) in [7, 11) is 0. The lowest BCUT2D eigenvalue weighted by Gasteiger charge is -2.19. The molecule has 2 aromatic carbocycles. The number of nitrogens with zero attached hydrogens (tertiary/aromatic N) is 2. The summed E-state index contributed by atoms with van der Waals surface area (Å²) in [6.45, 7) is 5.38. The van der Waals surface area contributed by atoms with E-state index in [2.05, 4.69) is 13.8 Å². The minimum Gasteiger partial charge on any atom is -0.478 e. The normalized spacial score (nSPS) is 14.5. The number of carboxylic acid groups (broad SMARTS) is 1. The van der Waals surface area contributed by atoms with Crippen molar-refractivity contribution >= 4 is 23.4 Å². The highest BCUT2D eigenvalue weighted by atomic mass is 16.4. The summed E-state index contributed by atoms with van der Waals surface area (Å²) < 4.78 is 0.